The van der Waals surface area contributed by atoms with Gasteiger partial charge in [-0.1, -0.05) is 6.92 Å². The lowest BCUT2D eigenvalue weighted by atomic mass is 9.82. The first kappa shape index (κ1) is 13.3. The van der Waals surface area contributed by atoms with Crippen LogP contribution in [0, 0.1) is 5.92 Å². The molecule has 0 heterocycles. The summed E-state index contributed by atoms with van der Waals surface area (Å²) in [5, 5.41) is 3.76. The van der Waals surface area contributed by atoms with Gasteiger partial charge in [0.2, 0.25) is 0 Å². The normalized spacial score (nSPS) is 42.2. The van der Waals surface area contributed by atoms with E-state index in [0.29, 0.717) is 18.2 Å². The molecule has 2 saturated carbocycles. The third kappa shape index (κ3) is 3.21. The molecular weight excluding hydrogens is 214 g/mol. The number of nitrogens with one attached hydrogen (secondary N) is 1. The van der Waals surface area contributed by atoms with E-state index in [4.69, 9.17) is 9.47 Å². The van der Waals surface area contributed by atoms with Crippen LogP contribution in [0.2, 0.25) is 0 Å². The molecule has 0 saturated heterocycles. The summed E-state index contributed by atoms with van der Waals surface area (Å²) in [4.78, 5) is 0. The van der Waals surface area contributed by atoms with E-state index in [2.05, 4.69) is 19.2 Å². The first-order chi connectivity index (χ1) is 8.24. The smallest absolute Gasteiger partial charge is 0.0986 e. The molecule has 0 aromatic carbocycles. The number of ether oxygens (including phenoxy) is 2. The third-order valence-corrected chi connectivity index (χ3v) is 4.37. The second-order valence-corrected chi connectivity index (χ2v) is 5.66. The van der Waals surface area contributed by atoms with Crippen molar-refractivity contribution in [2.75, 3.05) is 13.7 Å². The number of hydrogen-bond acceptors (Lipinski definition) is 3. The first-order valence-electron chi connectivity index (χ1n) is 7.15. The Morgan fingerprint density at radius 2 is 1.88 bits per heavy atom. The van der Waals surface area contributed by atoms with Crippen LogP contribution >= 0.6 is 0 Å². The van der Waals surface area contributed by atoms with Crippen LogP contribution < -0.4 is 5.32 Å². The summed E-state index contributed by atoms with van der Waals surface area (Å²) in [5.74, 6) is 0.920. The van der Waals surface area contributed by atoms with E-state index in [0.717, 1.165) is 18.9 Å². The summed E-state index contributed by atoms with van der Waals surface area (Å²) < 4.78 is 11.2. The fraction of sp³-hybridized carbons (Fsp3) is 1.00. The zero-order chi connectivity index (χ0) is 12.3. The molecule has 0 bridgehead atoms. The van der Waals surface area contributed by atoms with Crippen LogP contribution in [0.5, 0.6) is 0 Å². The maximum atomic E-state index is 5.65. The van der Waals surface area contributed by atoms with Crippen molar-refractivity contribution < 1.29 is 9.47 Å². The van der Waals surface area contributed by atoms with E-state index >= 15 is 0 Å². The second-order valence-electron chi connectivity index (χ2n) is 5.66. The van der Waals surface area contributed by atoms with E-state index in [-0.39, 0.29) is 6.10 Å². The highest BCUT2D eigenvalue weighted by Crippen LogP contribution is 2.30. The maximum absolute atomic E-state index is 5.65. The quantitative estimate of drug-likeness (QED) is 0.801. The van der Waals surface area contributed by atoms with Gasteiger partial charge in [-0.05, 0) is 44.9 Å². The van der Waals surface area contributed by atoms with Crippen molar-refractivity contribution in [2.24, 2.45) is 5.92 Å². The monoisotopic (exact) mass is 241 g/mol. The SMILES string of the molecule is CCOC1CC(NC2CCC(C)CC2)C1OC. The summed E-state index contributed by atoms with van der Waals surface area (Å²) in [5.41, 5.74) is 0. The Morgan fingerprint density at radius 1 is 1.18 bits per heavy atom. The molecule has 100 valence electrons. The highest BCUT2D eigenvalue weighted by Gasteiger charge is 2.42. The van der Waals surface area contributed by atoms with Crippen molar-refractivity contribution in [3.8, 4) is 0 Å². The highest BCUT2D eigenvalue weighted by atomic mass is 16.5. The highest BCUT2D eigenvalue weighted by molar-refractivity contribution is 4.98. The van der Waals surface area contributed by atoms with Crippen molar-refractivity contribution in [3.05, 3.63) is 0 Å². The Morgan fingerprint density at radius 3 is 2.47 bits per heavy atom. The van der Waals surface area contributed by atoms with Gasteiger partial charge in [-0.3, -0.25) is 0 Å². The van der Waals surface area contributed by atoms with E-state index in [9.17, 15) is 0 Å². The summed E-state index contributed by atoms with van der Waals surface area (Å²) >= 11 is 0. The lowest BCUT2D eigenvalue weighted by Crippen LogP contribution is -2.62. The molecule has 17 heavy (non-hydrogen) atoms. The van der Waals surface area contributed by atoms with Crippen LogP contribution in [0.1, 0.15) is 46.0 Å². The fourth-order valence-electron chi connectivity index (χ4n) is 3.17. The average molecular weight is 241 g/mol. The van der Waals surface area contributed by atoms with Crippen molar-refractivity contribution in [1.29, 1.82) is 0 Å². The van der Waals surface area contributed by atoms with Gasteiger partial charge in [-0.2, -0.15) is 0 Å². The van der Waals surface area contributed by atoms with Gasteiger partial charge in [0.05, 0.1) is 12.2 Å². The minimum Gasteiger partial charge on any atom is -0.377 e. The first-order valence-corrected chi connectivity index (χ1v) is 7.15. The number of methoxy groups -OCH3 is 1. The Bertz CT molecular complexity index is 226. The molecule has 0 aromatic rings. The molecule has 1 N–H and O–H groups in total. The molecule has 0 spiro atoms. The zero-order valence-corrected chi connectivity index (χ0v) is 11.4. The maximum Gasteiger partial charge on any atom is 0.0986 e. The van der Waals surface area contributed by atoms with Gasteiger partial charge < -0.3 is 14.8 Å². The Kier molecular flexibility index (Phi) is 4.83. The third-order valence-electron chi connectivity index (χ3n) is 4.37. The minimum absolute atomic E-state index is 0.259. The van der Waals surface area contributed by atoms with Crippen molar-refractivity contribution in [3.63, 3.8) is 0 Å². The fourth-order valence-corrected chi connectivity index (χ4v) is 3.17. The summed E-state index contributed by atoms with van der Waals surface area (Å²) in [6.45, 7) is 5.21. The van der Waals surface area contributed by atoms with Gasteiger partial charge in [0.1, 0.15) is 0 Å². The molecule has 2 fully saturated rings. The predicted octanol–water partition coefficient (Wildman–Crippen LogP) is 2.35. The van der Waals surface area contributed by atoms with Crippen molar-refractivity contribution >= 4 is 0 Å². The molecule has 0 amide bonds. The van der Waals surface area contributed by atoms with Crippen LogP contribution in [0.4, 0.5) is 0 Å². The topological polar surface area (TPSA) is 30.5 Å². The lowest BCUT2D eigenvalue weighted by Gasteiger charge is -2.45. The number of rotatable bonds is 5. The van der Waals surface area contributed by atoms with E-state index < -0.39 is 0 Å². The van der Waals surface area contributed by atoms with Gasteiger partial charge in [-0.25, -0.2) is 0 Å². The van der Waals surface area contributed by atoms with Gasteiger partial charge in [0, 0.05) is 25.8 Å². The molecular formula is C14H27NO2. The largest absolute Gasteiger partial charge is 0.377 e. The Hall–Kier alpha value is -0.120. The van der Waals surface area contributed by atoms with E-state index in [1.807, 2.05) is 0 Å². The zero-order valence-electron chi connectivity index (χ0n) is 11.4. The van der Waals surface area contributed by atoms with Crippen molar-refractivity contribution in [2.45, 2.75) is 70.2 Å². The molecule has 3 unspecified atom stereocenters. The van der Waals surface area contributed by atoms with E-state index in [1.54, 1.807) is 7.11 Å². The summed E-state index contributed by atoms with van der Waals surface area (Å²) in [6.07, 6.45) is 7.08. The molecule has 2 rings (SSSR count). The molecule has 0 aliphatic heterocycles. The standard InChI is InChI=1S/C14H27NO2/c1-4-17-13-9-12(14(13)16-3)15-11-7-5-10(2)6-8-11/h10-15H,4-9H2,1-3H3. The molecule has 3 atom stereocenters. The van der Waals surface area contributed by atoms with Crippen molar-refractivity contribution in [1.82, 2.24) is 5.32 Å². The van der Waals surface area contributed by atoms with Gasteiger partial charge >= 0.3 is 0 Å². The lowest BCUT2D eigenvalue weighted by molar-refractivity contribution is -0.133. The van der Waals surface area contributed by atoms with Gasteiger partial charge in [-0.15, -0.1) is 0 Å². The van der Waals surface area contributed by atoms with Crippen LogP contribution in [-0.2, 0) is 9.47 Å². The van der Waals surface area contributed by atoms with Crippen LogP contribution in [0.25, 0.3) is 0 Å². The molecule has 2 aliphatic carbocycles. The molecule has 2 aliphatic rings. The van der Waals surface area contributed by atoms with Crippen LogP contribution in [-0.4, -0.2) is 38.0 Å². The van der Waals surface area contributed by atoms with Gasteiger partial charge in [0.25, 0.3) is 0 Å². The average Bonchev–Trinajstić information content (AvgIpc) is 2.30. The summed E-state index contributed by atoms with van der Waals surface area (Å²) in [6, 6.07) is 1.21. The van der Waals surface area contributed by atoms with E-state index in [1.165, 1.54) is 25.7 Å². The Balaban J connectivity index is 1.73. The summed E-state index contributed by atoms with van der Waals surface area (Å²) in [7, 11) is 1.80. The second kappa shape index (κ2) is 6.17. The molecule has 0 aromatic heterocycles. The molecule has 0 radical (unpaired) electrons. The minimum atomic E-state index is 0.259. The Labute approximate surface area is 105 Å². The molecule has 3 heteroatoms. The van der Waals surface area contributed by atoms with Crippen LogP contribution in [0.15, 0.2) is 0 Å². The predicted molar refractivity (Wildman–Crippen MR) is 69.2 cm³/mol. The number of hydrogen-bond donors (Lipinski definition) is 1. The molecule has 3 nitrogen and oxygen atoms in total. The van der Waals surface area contributed by atoms with Gasteiger partial charge in [0.15, 0.2) is 0 Å². The van der Waals surface area contributed by atoms with Crippen LogP contribution in [0.3, 0.4) is 0 Å².